The van der Waals surface area contributed by atoms with E-state index in [9.17, 15) is 13.2 Å². The molecule has 1 aromatic carbocycles. The summed E-state index contributed by atoms with van der Waals surface area (Å²) in [6, 6.07) is 12.0. The van der Waals surface area contributed by atoms with Gasteiger partial charge in [-0.3, -0.25) is 9.52 Å². The standard InChI is InChI=1S/C15H12N3O3S3/c19-14(11-4-2-1-3-5-11)17-10-12-6-7-13(23-12)24(20,21)18-15-16-8-9-22-15/h1-7,9H,10H2,(H,16,18)(H,17,19). The summed E-state index contributed by atoms with van der Waals surface area (Å²) in [5, 5.41) is 4.60. The van der Waals surface area contributed by atoms with Gasteiger partial charge in [0, 0.05) is 15.8 Å². The molecule has 9 heteroatoms. The number of thiazole rings is 1. The predicted octanol–water partition coefficient (Wildman–Crippen LogP) is 2.74. The summed E-state index contributed by atoms with van der Waals surface area (Å²) in [5.74, 6) is -0.204. The quantitative estimate of drug-likeness (QED) is 0.690. The molecule has 6 nitrogen and oxygen atoms in total. The van der Waals surface area contributed by atoms with E-state index in [1.165, 1.54) is 6.07 Å². The summed E-state index contributed by atoms with van der Waals surface area (Å²) >= 11 is 2.25. The SMILES string of the molecule is O=C(NCc1ccc(S(=O)(=O)Nc2n[c]cs2)s1)c1ccccc1. The van der Waals surface area contributed by atoms with Crippen molar-refractivity contribution < 1.29 is 13.2 Å². The lowest BCUT2D eigenvalue weighted by Gasteiger charge is -2.03. The molecule has 0 saturated heterocycles. The van der Waals surface area contributed by atoms with E-state index < -0.39 is 10.0 Å². The van der Waals surface area contributed by atoms with Crippen LogP contribution in [0.2, 0.25) is 0 Å². The fraction of sp³-hybridized carbons (Fsp3) is 0.0667. The summed E-state index contributed by atoms with van der Waals surface area (Å²) < 4.78 is 27.0. The monoisotopic (exact) mass is 378 g/mol. The van der Waals surface area contributed by atoms with Gasteiger partial charge in [0.05, 0.1) is 6.54 Å². The summed E-state index contributed by atoms with van der Waals surface area (Å²) in [4.78, 5) is 16.5. The minimum Gasteiger partial charge on any atom is -0.347 e. The molecule has 0 fully saturated rings. The van der Waals surface area contributed by atoms with Gasteiger partial charge in [-0.05, 0) is 24.3 Å². The van der Waals surface area contributed by atoms with E-state index in [2.05, 4.69) is 21.2 Å². The zero-order chi connectivity index (χ0) is 17.0. The van der Waals surface area contributed by atoms with Crippen molar-refractivity contribution in [2.45, 2.75) is 10.8 Å². The topological polar surface area (TPSA) is 88.2 Å². The van der Waals surface area contributed by atoms with E-state index in [0.717, 1.165) is 27.6 Å². The van der Waals surface area contributed by atoms with Crippen LogP contribution in [-0.2, 0) is 16.6 Å². The van der Waals surface area contributed by atoms with Crippen LogP contribution in [0.5, 0.6) is 0 Å². The molecular weight excluding hydrogens is 366 g/mol. The Labute approximate surface area is 147 Å². The Bertz CT molecular complexity index is 919. The van der Waals surface area contributed by atoms with Crippen LogP contribution in [-0.4, -0.2) is 19.3 Å². The van der Waals surface area contributed by atoms with Crippen LogP contribution < -0.4 is 10.0 Å². The van der Waals surface area contributed by atoms with Crippen molar-refractivity contribution in [3.63, 3.8) is 0 Å². The first kappa shape index (κ1) is 16.6. The zero-order valence-corrected chi connectivity index (χ0v) is 14.7. The van der Waals surface area contributed by atoms with Crippen LogP contribution in [0.1, 0.15) is 15.2 Å². The van der Waals surface area contributed by atoms with Gasteiger partial charge in [-0.2, -0.15) is 0 Å². The minimum atomic E-state index is -3.67. The van der Waals surface area contributed by atoms with E-state index in [4.69, 9.17) is 0 Å². The van der Waals surface area contributed by atoms with Crippen LogP contribution in [0, 0.1) is 6.20 Å². The number of rotatable bonds is 6. The first-order chi connectivity index (χ1) is 11.5. The van der Waals surface area contributed by atoms with Gasteiger partial charge < -0.3 is 5.32 Å². The highest BCUT2D eigenvalue weighted by Crippen LogP contribution is 2.24. The number of hydrogen-bond donors (Lipinski definition) is 2. The molecule has 3 rings (SSSR count). The Morgan fingerprint density at radius 1 is 1.17 bits per heavy atom. The highest BCUT2D eigenvalue weighted by atomic mass is 32.2. The van der Waals surface area contributed by atoms with Gasteiger partial charge in [-0.15, -0.1) is 22.7 Å². The van der Waals surface area contributed by atoms with E-state index >= 15 is 0 Å². The maximum absolute atomic E-state index is 12.2. The van der Waals surface area contributed by atoms with Gasteiger partial charge in [-0.1, -0.05) is 18.2 Å². The number of thiophene rings is 1. The average Bonchev–Trinajstić information content (AvgIpc) is 3.25. The van der Waals surface area contributed by atoms with Crippen molar-refractivity contribution >= 4 is 43.7 Å². The van der Waals surface area contributed by atoms with Gasteiger partial charge in [0.15, 0.2) is 5.13 Å². The van der Waals surface area contributed by atoms with E-state index in [1.807, 2.05) is 6.07 Å². The number of hydrogen-bond acceptors (Lipinski definition) is 6. The lowest BCUT2D eigenvalue weighted by atomic mass is 10.2. The maximum atomic E-state index is 12.2. The van der Waals surface area contributed by atoms with Gasteiger partial charge in [0.1, 0.15) is 10.4 Å². The number of sulfonamides is 1. The molecule has 2 aromatic heterocycles. The first-order valence-corrected chi connectivity index (χ1v) is 9.99. The largest absolute Gasteiger partial charge is 0.347 e. The van der Waals surface area contributed by atoms with Crippen LogP contribution in [0.3, 0.4) is 0 Å². The summed E-state index contributed by atoms with van der Waals surface area (Å²) in [6.07, 6.45) is 2.55. The number of benzene rings is 1. The highest BCUT2D eigenvalue weighted by Gasteiger charge is 2.18. The second kappa shape index (κ2) is 7.12. The molecule has 123 valence electrons. The molecule has 24 heavy (non-hydrogen) atoms. The van der Waals surface area contributed by atoms with E-state index in [1.54, 1.807) is 35.7 Å². The Kier molecular flexibility index (Phi) is 4.93. The third kappa shape index (κ3) is 3.99. The number of aromatic nitrogens is 1. The molecule has 0 unspecified atom stereocenters. The normalized spacial score (nSPS) is 11.2. The van der Waals surface area contributed by atoms with Crippen LogP contribution in [0.4, 0.5) is 5.13 Å². The van der Waals surface area contributed by atoms with Gasteiger partial charge >= 0.3 is 0 Å². The van der Waals surface area contributed by atoms with Crippen molar-refractivity contribution in [2.24, 2.45) is 0 Å². The van der Waals surface area contributed by atoms with Crippen LogP contribution in [0.15, 0.2) is 52.1 Å². The molecule has 0 saturated carbocycles. The lowest BCUT2D eigenvalue weighted by molar-refractivity contribution is 0.0951. The number of anilines is 1. The number of nitrogens with one attached hydrogen (secondary N) is 2. The van der Waals surface area contributed by atoms with Crippen LogP contribution in [0.25, 0.3) is 0 Å². The average molecular weight is 378 g/mol. The molecule has 0 atom stereocenters. The Hall–Kier alpha value is -2.23. The molecule has 3 aromatic rings. The van der Waals surface area contributed by atoms with Crippen molar-refractivity contribution in [2.75, 3.05) is 4.72 Å². The molecule has 2 N–H and O–H groups in total. The number of nitrogens with zero attached hydrogens (tertiary/aromatic N) is 1. The molecule has 0 aliphatic rings. The zero-order valence-electron chi connectivity index (χ0n) is 12.2. The van der Waals surface area contributed by atoms with Crippen molar-refractivity contribution in [3.05, 3.63) is 64.5 Å². The van der Waals surface area contributed by atoms with E-state index in [-0.39, 0.29) is 21.8 Å². The van der Waals surface area contributed by atoms with Crippen molar-refractivity contribution in [1.29, 1.82) is 0 Å². The second-order valence-corrected chi connectivity index (χ2v) is 8.59. The molecule has 2 heterocycles. The van der Waals surface area contributed by atoms with Crippen LogP contribution >= 0.6 is 22.7 Å². The lowest BCUT2D eigenvalue weighted by Crippen LogP contribution is -2.22. The fourth-order valence-corrected chi connectivity index (χ4v) is 4.89. The molecule has 0 spiro atoms. The number of amides is 1. The third-order valence-electron chi connectivity index (χ3n) is 2.97. The molecule has 0 aliphatic heterocycles. The fourth-order valence-electron chi connectivity index (χ4n) is 1.86. The number of carbonyl (C=O) groups excluding carboxylic acids is 1. The van der Waals surface area contributed by atoms with Crippen molar-refractivity contribution in [3.8, 4) is 0 Å². The van der Waals surface area contributed by atoms with Gasteiger partial charge in [0.2, 0.25) is 0 Å². The van der Waals surface area contributed by atoms with Gasteiger partial charge in [-0.25, -0.2) is 13.4 Å². The predicted molar refractivity (Wildman–Crippen MR) is 93.7 cm³/mol. The third-order valence-corrected chi connectivity index (χ3v) is 6.66. The Morgan fingerprint density at radius 2 is 1.96 bits per heavy atom. The maximum Gasteiger partial charge on any atom is 0.273 e. The molecule has 0 aliphatic carbocycles. The molecule has 1 amide bonds. The second-order valence-electron chi connectivity index (χ2n) is 4.66. The number of carbonyl (C=O) groups is 1. The van der Waals surface area contributed by atoms with Crippen molar-refractivity contribution in [1.82, 2.24) is 10.3 Å². The summed E-state index contributed by atoms with van der Waals surface area (Å²) in [5.41, 5.74) is 0.559. The van der Waals surface area contributed by atoms with E-state index in [0.29, 0.717) is 5.56 Å². The summed E-state index contributed by atoms with van der Waals surface area (Å²) in [6.45, 7) is 0.263. The molecular formula is C15H12N3O3S3. The highest BCUT2D eigenvalue weighted by molar-refractivity contribution is 7.94. The minimum absolute atomic E-state index is 0.168. The summed E-state index contributed by atoms with van der Waals surface area (Å²) in [7, 11) is -3.67. The first-order valence-electron chi connectivity index (χ1n) is 6.81. The molecule has 0 bridgehead atoms. The Morgan fingerprint density at radius 3 is 2.67 bits per heavy atom. The smallest absolute Gasteiger partial charge is 0.273 e. The molecule has 1 radical (unpaired) electrons. The van der Waals surface area contributed by atoms with Gasteiger partial charge in [0.25, 0.3) is 15.9 Å². The Balaban J connectivity index is 1.64.